The summed E-state index contributed by atoms with van der Waals surface area (Å²) in [6, 6.07) is 4.41. The van der Waals surface area contributed by atoms with Crippen molar-refractivity contribution in [3.8, 4) is 0 Å². The van der Waals surface area contributed by atoms with E-state index in [9.17, 15) is 18.0 Å². The Morgan fingerprint density at radius 1 is 1.33 bits per heavy atom. The fourth-order valence-electron chi connectivity index (χ4n) is 1.83. The number of rotatable bonds is 5. The van der Waals surface area contributed by atoms with E-state index in [0.29, 0.717) is 18.9 Å². The van der Waals surface area contributed by atoms with E-state index < -0.39 is 17.6 Å². The molecule has 21 heavy (non-hydrogen) atoms. The molecular weight excluding hydrogens is 281 g/mol. The molecular formula is C15H21F3N2O. The van der Waals surface area contributed by atoms with Gasteiger partial charge in [-0.15, -0.1) is 0 Å². The normalized spacial score (nSPS) is 13.3. The molecule has 0 heterocycles. The fraction of sp³-hybridized carbons (Fsp3) is 0.533. The first-order valence-electron chi connectivity index (χ1n) is 6.81. The highest BCUT2D eigenvalue weighted by molar-refractivity contribution is 5.94. The Bertz CT molecular complexity index is 486. The predicted molar refractivity (Wildman–Crippen MR) is 75.8 cm³/mol. The van der Waals surface area contributed by atoms with Gasteiger partial charge in [-0.25, -0.2) is 0 Å². The predicted octanol–water partition coefficient (Wildman–Crippen LogP) is 3.15. The number of carbonyl (C=O) groups is 1. The largest absolute Gasteiger partial charge is 0.416 e. The second-order valence-corrected chi connectivity index (χ2v) is 5.50. The first-order valence-corrected chi connectivity index (χ1v) is 6.81. The van der Waals surface area contributed by atoms with Crippen LogP contribution in [0, 0.1) is 5.92 Å². The Balaban J connectivity index is 2.75. The van der Waals surface area contributed by atoms with Crippen molar-refractivity contribution in [1.29, 1.82) is 0 Å². The average molecular weight is 302 g/mol. The van der Waals surface area contributed by atoms with Gasteiger partial charge in [0, 0.05) is 25.2 Å². The molecule has 0 spiro atoms. The molecule has 0 saturated heterocycles. The maximum Gasteiger partial charge on any atom is 0.416 e. The molecule has 0 saturated carbocycles. The number of alkyl halides is 3. The number of hydrogen-bond donors (Lipinski definition) is 1. The van der Waals surface area contributed by atoms with Crippen molar-refractivity contribution in [3.63, 3.8) is 0 Å². The number of halogens is 3. The highest BCUT2D eigenvalue weighted by Crippen LogP contribution is 2.29. The zero-order chi connectivity index (χ0) is 16.2. The summed E-state index contributed by atoms with van der Waals surface area (Å²) in [5.74, 6) is -0.140. The molecule has 1 rings (SSSR count). The van der Waals surface area contributed by atoms with Crippen LogP contribution in [0.4, 0.5) is 13.2 Å². The lowest BCUT2D eigenvalue weighted by Crippen LogP contribution is -2.34. The maximum absolute atomic E-state index is 12.6. The van der Waals surface area contributed by atoms with E-state index in [1.807, 2.05) is 13.8 Å². The molecule has 1 aromatic carbocycles. The summed E-state index contributed by atoms with van der Waals surface area (Å²) in [6.07, 6.45) is -3.84. The van der Waals surface area contributed by atoms with Crippen LogP contribution in [0.3, 0.4) is 0 Å². The molecule has 0 aromatic heterocycles. The topological polar surface area (TPSA) is 46.3 Å². The van der Waals surface area contributed by atoms with Gasteiger partial charge in [0.05, 0.1) is 5.56 Å². The molecule has 1 amide bonds. The van der Waals surface area contributed by atoms with Crippen molar-refractivity contribution >= 4 is 5.91 Å². The van der Waals surface area contributed by atoms with Crippen molar-refractivity contribution < 1.29 is 18.0 Å². The van der Waals surface area contributed by atoms with E-state index in [2.05, 4.69) is 0 Å². The fourth-order valence-corrected chi connectivity index (χ4v) is 1.83. The van der Waals surface area contributed by atoms with E-state index in [-0.39, 0.29) is 11.6 Å². The minimum Gasteiger partial charge on any atom is -0.342 e. The molecule has 0 bridgehead atoms. The average Bonchev–Trinajstić information content (AvgIpc) is 2.42. The third-order valence-corrected chi connectivity index (χ3v) is 3.44. The van der Waals surface area contributed by atoms with Gasteiger partial charge in [-0.05, 0) is 30.5 Å². The lowest BCUT2D eigenvalue weighted by atomic mass is 10.0. The third-order valence-electron chi connectivity index (χ3n) is 3.44. The molecule has 0 radical (unpaired) electrons. The Labute approximate surface area is 122 Å². The van der Waals surface area contributed by atoms with Crippen molar-refractivity contribution in [2.24, 2.45) is 11.7 Å². The Morgan fingerprint density at radius 2 is 1.95 bits per heavy atom. The van der Waals surface area contributed by atoms with Crippen molar-refractivity contribution in [2.45, 2.75) is 32.5 Å². The summed E-state index contributed by atoms with van der Waals surface area (Å²) in [6.45, 7) is 4.38. The minimum absolute atomic E-state index is 0.0328. The number of carbonyl (C=O) groups excluding carboxylic acids is 1. The second-order valence-electron chi connectivity index (χ2n) is 5.50. The van der Waals surface area contributed by atoms with Crippen LogP contribution < -0.4 is 5.73 Å². The van der Waals surface area contributed by atoms with Crippen molar-refractivity contribution in [3.05, 3.63) is 35.4 Å². The van der Waals surface area contributed by atoms with Crippen molar-refractivity contribution in [1.82, 2.24) is 4.90 Å². The standard InChI is InChI=1S/C15H21F3N2O/c1-10(2)13(19)7-8-20(3)14(21)11-5-4-6-12(9-11)15(16,17)18/h4-6,9-10,13H,7-8,19H2,1-3H3. The van der Waals surface area contributed by atoms with Gasteiger partial charge in [0.1, 0.15) is 0 Å². The lowest BCUT2D eigenvalue weighted by Gasteiger charge is -2.22. The van der Waals surface area contributed by atoms with Crippen molar-refractivity contribution in [2.75, 3.05) is 13.6 Å². The molecule has 0 aliphatic heterocycles. The number of benzene rings is 1. The van der Waals surface area contributed by atoms with E-state index in [1.165, 1.54) is 17.0 Å². The quantitative estimate of drug-likeness (QED) is 0.908. The first kappa shape index (κ1) is 17.5. The van der Waals surface area contributed by atoms with E-state index in [1.54, 1.807) is 7.05 Å². The number of nitrogens with zero attached hydrogens (tertiary/aromatic N) is 1. The van der Waals surface area contributed by atoms with E-state index in [0.717, 1.165) is 12.1 Å². The van der Waals surface area contributed by atoms with Gasteiger partial charge in [0.15, 0.2) is 0 Å². The molecule has 3 nitrogen and oxygen atoms in total. The number of hydrogen-bond acceptors (Lipinski definition) is 2. The molecule has 0 aliphatic rings. The molecule has 0 fully saturated rings. The first-order chi connectivity index (χ1) is 9.62. The lowest BCUT2D eigenvalue weighted by molar-refractivity contribution is -0.137. The molecule has 1 unspecified atom stereocenters. The smallest absolute Gasteiger partial charge is 0.342 e. The van der Waals surface area contributed by atoms with Gasteiger partial charge >= 0.3 is 6.18 Å². The van der Waals surface area contributed by atoms with Crippen LogP contribution >= 0.6 is 0 Å². The van der Waals surface area contributed by atoms with Crippen LogP contribution in [0.5, 0.6) is 0 Å². The molecule has 0 aliphatic carbocycles. The van der Waals surface area contributed by atoms with Crippen LogP contribution in [0.2, 0.25) is 0 Å². The van der Waals surface area contributed by atoms with Crippen LogP contribution in [-0.4, -0.2) is 30.4 Å². The minimum atomic E-state index is -4.45. The van der Waals surface area contributed by atoms with Gasteiger partial charge in [-0.3, -0.25) is 4.79 Å². The molecule has 1 aromatic rings. The summed E-state index contributed by atoms with van der Waals surface area (Å²) in [4.78, 5) is 13.5. The van der Waals surface area contributed by atoms with Gasteiger partial charge in [-0.1, -0.05) is 19.9 Å². The van der Waals surface area contributed by atoms with Gasteiger partial charge in [0.2, 0.25) is 0 Å². The summed E-state index contributed by atoms with van der Waals surface area (Å²) >= 11 is 0. The molecule has 6 heteroatoms. The maximum atomic E-state index is 12.6. The summed E-state index contributed by atoms with van der Waals surface area (Å²) in [7, 11) is 1.57. The summed E-state index contributed by atoms with van der Waals surface area (Å²) < 4.78 is 37.9. The van der Waals surface area contributed by atoms with E-state index >= 15 is 0 Å². The van der Waals surface area contributed by atoms with Crippen LogP contribution in [0.25, 0.3) is 0 Å². The van der Waals surface area contributed by atoms with Gasteiger partial charge in [0.25, 0.3) is 5.91 Å². The molecule has 1 atom stereocenters. The van der Waals surface area contributed by atoms with Crippen LogP contribution in [-0.2, 0) is 6.18 Å². The monoisotopic (exact) mass is 302 g/mol. The Kier molecular flexibility index (Phi) is 5.78. The number of nitrogens with two attached hydrogens (primary N) is 1. The zero-order valence-corrected chi connectivity index (χ0v) is 12.4. The van der Waals surface area contributed by atoms with Gasteiger partial charge in [-0.2, -0.15) is 13.2 Å². The summed E-state index contributed by atoms with van der Waals surface area (Å²) in [5.41, 5.74) is 5.11. The van der Waals surface area contributed by atoms with Crippen LogP contribution in [0.1, 0.15) is 36.2 Å². The second kappa shape index (κ2) is 6.93. The molecule has 118 valence electrons. The van der Waals surface area contributed by atoms with E-state index in [4.69, 9.17) is 5.73 Å². The van der Waals surface area contributed by atoms with Crippen LogP contribution in [0.15, 0.2) is 24.3 Å². The highest BCUT2D eigenvalue weighted by atomic mass is 19.4. The third kappa shape index (κ3) is 5.04. The summed E-state index contributed by atoms with van der Waals surface area (Å²) in [5, 5.41) is 0. The SMILES string of the molecule is CC(C)C(N)CCN(C)C(=O)c1cccc(C(F)(F)F)c1. The Hall–Kier alpha value is -1.56. The zero-order valence-electron chi connectivity index (χ0n) is 12.4. The number of amides is 1. The van der Waals surface area contributed by atoms with Gasteiger partial charge < -0.3 is 10.6 Å². The Morgan fingerprint density at radius 3 is 2.48 bits per heavy atom. The molecule has 2 N–H and O–H groups in total. The highest BCUT2D eigenvalue weighted by Gasteiger charge is 2.31.